The van der Waals surface area contributed by atoms with Gasteiger partial charge in [-0.3, -0.25) is 14.8 Å². The summed E-state index contributed by atoms with van der Waals surface area (Å²) in [6, 6.07) is 25.7. The second kappa shape index (κ2) is 13.7. The molecule has 1 aliphatic heterocycles. The van der Waals surface area contributed by atoms with Crippen LogP contribution in [0.3, 0.4) is 0 Å². The predicted octanol–water partition coefficient (Wildman–Crippen LogP) is 6.15. The van der Waals surface area contributed by atoms with Crippen LogP contribution in [0, 0.1) is 0 Å². The minimum Gasteiger partial charge on any atom is -0.444 e. The Morgan fingerprint density at radius 3 is 2.10 bits per heavy atom. The summed E-state index contributed by atoms with van der Waals surface area (Å²) in [6.07, 6.45) is -1.45. The molecule has 2 N–H and O–H groups in total. The van der Waals surface area contributed by atoms with Crippen molar-refractivity contribution in [3.8, 4) is 0 Å². The van der Waals surface area contributed by atoms with E-state index in [4.69, 9.17) is 25.5 Å². The molecule has 1 aliphatic rings. The molecule has 1 fully saturated rings. The number of para-hydroxylation sites is 1. The first kappa shape index (κ1) is 35.6. The zero-order valence-electron chi connectivity index (χ0n) is 29.1. The lowest BCUT2D eigenvalue weighted by molar-refractivity contribution is -0.144. The number of aromatic amines is 1. The molecule has 0 unspecified atom stereocenters. The number of aromatic nitrogens is 2. The molecular weight excluding hydrogens is 644 g/mol. The number of hydrogen-bond acceptors (Lipinski definition) is 6. The molecule has 256 valence electrons. The maximum Gasteiger partial charge on any atom is 0.410 e. The second-order valence-corrected chi connectivity index (χ2v) is 19.6. The summed E-state index contributed by atoms with van der Waals surface area (Å²) >= 11 is 6.35. The fourth-order valence-corrected chi connectivity index (χ4v) is 11.3. The highest BCUT2D eigenvalue weighted by molar-refractivity contribution is 6.99. The van der Waals surface area contributed by atoms with E-state index >= 15 is 0 Å². The Labute approximate surface area is 289 Å². The van der Waals surface area contributed by atoms with Gasteiger partial charge in [-0.25, -0.2) is 4.79 Å². The standard InChI is InChI=1S/C37H47ClN4O5Si/c1-35(2,3)47-34(44)42-22-30(33(43)39-37(7,8)32-28-20-15-21-29(38)31(28)40-41-32)45-23-25(42)24-46-48(36(4,5)6,26-16-11-9-12-17-26)27-18-13-10-14-19-27/h9-21,25,30H,22-24H2,1-8H3,(H,39,43)(H,40,41)/t25-,30-/m0/s1. The van der Waals surface area contributed by atoms with Gasteiger partial charge in [0, 0.05) is 5.39 Å². The molecule has 1 aromatic heterocycles. The van der Waals surface area contributed by atoms with Crippen molar-refractivity contribution in [2.75, 3.05) is 19.8 Å². The number of H-pyrrole nitrogens is 1. The fraction of sp³-hybridized carbons (Fsp3) is 0.432. The van der Waals surface area contributed by atoms with E-state index in [0.29, 0.717) is 16.2 Å². The number of hydrogen-bond donors (Lipinski definition) is 2. The fourth-order valence-electron chi connectivity index (χ4n) is 6.45. The normalized spacial score (nSPS) is 17.7. The third kappa shape index (κ3) is 7.32. The van der Waals surface area contributed by atoms with Crippen LogP contribution in [0.1, 0.15) is 61.1 Å². The molecule has 4 aromatic rings. The lowest BCUT2D eigenvalue weighted by Crippen LogP contribution is -2.68. The first-order valence-electron chi connectivity index (χ1n) is 16.3. The summed E-state index contributed by atoms with van der Waals surface area (Å²) in [7, 11) is -2.90. The van der Waals surface area contributed by atoms with Crippen LogP contribution in [0.2, 0.25) is 10.1 Å². The number of fused-ring (bicyclic) bond motifs is 1. The van der Waals surface area contributed by atoms with E-state index in [1.165, 1.54) is 0 Å². The van der Waals surface area contributed by atoms with E-state index in [9.17, 15) is 9.59 Å². The molecule has 1 saturated heterocycles. The molecule has 0 spiro atoms. The van der Waals surface area contributed by atoms with Gasteiger partial charge in [-0.15, -0.1) is 0 Å². The van der Waals surface area contributed by atoms with Crippen LogP contribution in [0.15, 0.2) is 78.9 Å². The lowest BCUT2D eigenvalue weighted by Gasteiger charge is -2.46. The van der Waals surface area contributed by atoms with E-state index in [-0.39, 0.29) is 30.7 Å². The maximum atomic E-state index is 13.8. The zero-order valence-corrected chi connectivity index (χ0v) is 30.9. The molecule has 11 heteroatoms. The van der Waals surface area contributed by atoms with E-state index in [1.807, 2.05) is 83.1 Å². The number of nitrogens with one attached hydrogen (secondary N) is 2. The Balaban J connectivity index is 1.41. The molecule has 2 heterocycles. The van der Waals surface area contributed by atoms with Crippen molar-refractivity contribution in [3.63, 3.8) is 0 Å². The molecule has 3 aromatic carbocycles. The van der Waals surface area contributed by atoms with Gasteiger partial charge < -0.3 is 19.2 Å². The minimum atomic E-state index is -2.90. The van der Waals surface area contributed by atoms with Crippen molar-refractivity contribution >= 4 is 53.2 Å². The maximum absolute atomic E-state index is 13.8. The van der Waals surface area contributed by atoms with Gasteiger partial charge in [0.15, 0.2) is 6.10 Å². The average Bonchev–Trinajstić information content (AvgIpc) is 3.47. The van der Waals surface area contributed by atoms with Crippen LogP contribution in [0.4, 0.5) is 4.79 Å². The molecule has 2 amide bonds. The van der Waals surface area contributed by atoms with E-state index in [1.54, 1.807) is 11.0 Å². The van der Waals surface area contributed by atoms with Gasteiger partial charge in [-0.05, 0) is 56.1 Å². The Morgan fingerprint density at radius 1 is 0.938 bits per heavy atom. The van der Waals surface area contributed by atoms with Crippen molar-refractivity contribution in [3.05, 3.63) is 89.6 Å². The molecule has 48 heavy (non-hydrogen) atoms. The number of rotatable bonds is 8. The Kier molecular flexibility index (Phi) is 10.1. The summed E-state index contributed by atoms with van der Waals surface area (Å²) in [5, 5.41) is 13.9. The Bertz CT molecular complexity index is 1690. The largest absolute Gasteiger partial charge is 0.444 e. The monoisotopic (exact) mass is 690 g/mol. The van der Waals surface area contributed by atoms with Crippen LogP contribution in [0.25, 0.3) is 10.9 Å². The van der Waals surface area contributed by atoms with E-state index < -0.39 is 37.7 Å². The molecule has 0 radical (unpaired) electrons. The van der Waals surface area contributed by atoms with E-state index in [2.05, 4.69) is 60.6 Å². The van der Waals surface area contributed by atoms with Gasteiger partial charge in [0.05, 0.1) is 42.1 Å². The first-order valence-corrected chi connectivity index (χ1v) is 18.6. The topological polar surface area (TPSA) is 106 Å². The van der Waals surface area contributed by atoms with E-state index in [0.717, 1.165) is 15.8 Å². The highest BCUT2D eigenvalue weighted by atomic mass is 35.5. The SMILES string of the molecule is CC(C)(C)OC(=O)N1C[C@@H](C(=O)NC(C)(C)c2[nH]nc3c(Cl)cccc23)OC[C@H]1CO[Si](c1ccccc1)(c1ccccc1)C(C)(C)C. The smallest absolute Gasteiger partial charge is 0.410 e. The molecule has 5 rings (SSSR count). The lowest BCUT2D eigenvalue weighted by atomic mass is 9.96. The molecular formula is C37H47ClN4O5Si. The summed E-state index contributed by atoms with van der Waals surface area (Å²) in [4.78, 5) is 29.1. The number of carbonyl (C=O) groups excluding carboxylic acids is 2. The highest BCUT2D eigenvalue weighted by Gasteiger charge is 2.51. The third-order valence-electron chi connectivity index (χ3n) is 8.72. The summed E-state index contributed by atoms with van der Waals surface area (Å²) in [5.41, 5.74) is -0.239. The molecule has 9 nitrogen and oxygen atoms in total. The third-order valence-corrected chi connectivity index (χ3v) is 14.0. The number of nitrogens with zero attached hydrogens (tertiary/aromatic N) is 2. The van der Waals surface area contributed by atoms with Crippen LogP contribution in [-0.4, -0.2) is 72.9 Å². The Hall–Kier alpha value is -3.70. The zero-order chi connectivity index (χ0) is 34.9. The number of carbonyl (C=O) groups is 2. The van der Waals surface area contributed by atoms with Crippen molar-refractivity contribution in [1.29, 1.82) is 0 Å². The van der Waals surface area contributed by atoms with Gasteiger partial charge in [0.2, 0.25) is 0 Å². The van der Waals surface area contributed by atoms with Crippen molar-refractivity contribution in [2.45, 2.75) is 83.7 Å². The number of halogens is 1. The van der Waals surface area contributed by atoms with Crippen LogP contribution >= 0.6 is 11.6 Å². The summed E-state index contributed by atoms with van der Waals surface area (Å²) in [5.74, 6) is -0.357. The predicted molar refractivity (Wildman–Crippen MR) is 192 cm³/mol. The van der Waals surface area contributed by atoms with Crippen LogP contribution in [-0.2, 0) is 24.2 Å². The quantitative estimate of drug-likeness (QED) is 0.215. The Morgan fingerprint density at radius 2 is 1.54 bits per heavy atom. The number of ether oxygens (including phenoxy) is 2. The van der Waals surface area contributed by atoms with Crippen molar-refractivity contribution in [2.24, 2.45) is 0 Å². The number of morpholine rings is 1. The van der Waals surface area contributed by atoms with Gasteiger partial charge in [-0.2, -0.15) is 5.10 Å². The first-order chi connectivity index (χ1) is 22.5. The average molecular weight is 691 g/mol. The van der Waals surface area contributed by atoms with Crippen molar-refractivity contribution < 1.29 is 23.5 Å². The second-order valence-electron chi connectivity index (χ2n) is 14.9. The molecule has 0 bridgehead atoms. The summed E-state index contributed by atoms with van der Waals surface area (Å²) in [6.45, 7) is 16.2. The van der Waals surface area contributed by atoms with Gasteiger partial charge >= 0.3 is 6.09 Å². The minimum absolute atomic E-state index is 0.00114. The highest BCUT2D eigenvalue weighted by Crippen LogP contribution is 2.37. The molecule has 2 atom stereocenters. The van der Waals surface area contributed by atoms with Crippen LogP contribution in [0.5, 0.6) is 0 Å². The summed E-state index contributed by atoms with van der Waals surface area (Å²) < 4.78 is 19.3. The van der Waals surface area contributed by atoms with Crippen molar-refractivity contribution in [1.82, 2.24) is 20.4 Å². The van der Waals surface area contributed by atoms with Gasteiger partial charge in [-0.1, -0.05) is 105 Å². The van der Waals surface area contributed by atoms with Crippen LogP contribution < -0.4 is 15.7 Å². The molecule has 0 aliphatic carbocycles. The number of benzene rings is 3. The molecule has 0 saturated carbocycles. The van der Waals surface area contributed by atoms with Gasteiger partial charge in [0.1, 0.15) is 11.1 Å². The van der Waals surface area contributed by atoms with Gasteiger partial charge in [0.25, 0.3) is 14.2 Å². The number of amides is 2.